The molecule has 0 fully saturated rings. The smallest absolute Gasteiger partial charge is 0.115 e. The fourth-order valence-corrected chi connectivity index (χ4v) is 9.58. The molecular weight excluding hydrogens is 853 g/mol. The Labute approximate surface area is 407 Å². The van der Waals surface area contributed by atoms with Crippen LogP contribution in [0.5, 0.6) is 0 Å². The summed E-state index contributed by atoms with van der Waals surface area (Å²) in [6, 6.07) is 94.4. The van der Waals surface area contributed by atoms with Crippen LogP contribution in [0.1, 0.15) is 0 Å². The van der Waals surface area contributed by atoms with E-state index < -0.39 is 0 Å². The number of hydrogen-bond acceptors (Lipinski definition) is 6. The van der Waals surface area contributed by atoms with Crippen LogP contribution in [0.15, 0.2) is 279 Å². The Balaban J connectivity index is 0.951. The van der Waals surface area contributed by atoms with Gasteiger partial charge in [-0.25, -0.2) is 0 Å². The minimum Gasteiger partial charge on any atom is -0.310 e. The highest BCUT2D eigenvalue weighted by Gasteiger charge is 2.24. The lowest BCUT2D eigenvalue weighted by molar-refractivity contribution is 1.22. The monoisotopic (exact) mass is 898 g/mol. The molecule has 0 aliphatic carbocycles. The normalized spacial score (nSPS) is 11.1. The fourth-order valence-electron chi connectivity index (χ4n) is 9.58. The van der Waals surface area contributed by atoms with Gasteiger partial charge in [0.1, 0.15) is 11.0 Å². The Morgan fingerprint density at radius 2 is 0.457 bits per heavy atom. The highest BCUT2D eigenvalue weighted by Crippen LogP contribution is 2.46. The number of fused-ring (bicyclic) bond motifs is 3. The van der Waals surface area contributed by atoms with E-state index in [1.165, 1.54) is 21.5 Å². The molecule has 332 valence electrons. The standard InChI is InChI=1S/C64H46N6/c1-5-21-51(22-6-1)67(59-31-29-47-17-13-15-19-49(47)45-59)55-33-37-57(38-34-55)69(53-25-9-3-10-26-53)61-41-42-62(64-63(61)65-43-44-66-64)70(54-27-11-4-12-28-54)58-39-35-56(36-40-58)68(52-23-7-2-8-24-52)60-32-30-48-18-14-16-20-50(48)46-60/h1-46H. The van der Waals surface area contributed by atoms with Crippen LogP contribution in [0.4, 0.5) is 68.2 Å². The molecule has 0 unspecified atom stereocenters. The molecule has 12 rings (SSSR count). The van der Waals surface area contributed by atoms with Crippen molar-refractivity contribution < 1.29 is 0 Å². The van der Waals surface area contributed by atoms with Crippen LogP contribution in [-0.4, -0.2) is 9.97 Å². The third-order valence-corrected chi connectivity index (χ3v) is 12.8. The maximum atomic E-state index is 5.11. The predicted octanol–water partition coefficient (Wildman–Crippen LogP) is 17.8. The van der Waals surface area contributed by atoms with Gasteiger partial charge in [-0.15, -0.1) is 0 Å². The molecule has 0 amide bonds. The molecule has 0 saturated heterocycles. The van der Waals surface area contributed by atoms with Crippen LogP contribution in [0.25, 0.3) is 32.6 Å². The maximum Gasteiger partial charge on any atom is 0.115 e. The van der Waals surface area contributed by atoms with Crippen molar-refractivity contribution in [2.24, 2.45) is 0 Å². The maximum absolute atomic E-state index is 5.11. The molecule has 0 aliphatic rings. The molecule has 11 aromatic carbocycles. The Morgan fingerprint density at radius 1 is 0.200 bits per heavy atom. The van der Waals surface area contributed by atoms with Gasteiger partial charge in [-0.3, -0.25) is 9.97 Å². The van der Waals surface area contributed by atoms with Gasteiger partial charge in [0.25, 0.3) is 0 Å². The lowest BCUT2D eigenvalue weighted by Crippen LogP contribution is -2.15. The average molecular weight is 899 g/mol. The Hall–Kier alpha value is -9.52. The molecule has 6 heteroatoms. The van der Waals surface area contributed by atoms with E-state index in [4.69, 9.17) is 9.97 Å². The first-order valence-electron chi connectivity index (χ1n) is 23.6. The molecule has 1 heterocycles. The molecule has 0 saturated carbocycles. The summed E-state index contributed by atoms with van der Waals surface area (Å²) in [5.74, 6) is 0. The van der Waals surface area contributed by atoms with E-state index in [9.17, 15) is 0 Å². The number of para-hydroxylation sites is 4. The SMILES string of the molecule is c1ccc(N(c2ccc(N(c3ccccc3)c3ccc(N(c4ccccc4)c4ccc(N(c5ccccc5)c5ccc6ccccc6c5)cc4)c4nccnc34)cc2)c2ccc3ccccc3c2)cc1. The zero-order chi connectivity index (χ0) is 46.6. The van der Waals surface area contributed by atoms with Crippen molar-refractivity contribution in [3.8, 4) is 0 Å². The largest absolute Gasteiger partial charge is 0.310 e. The van der Waals surface area contributed by atoms with Crippen LogP contribution in [0, 0.1) is 0 Å². The molecule has 0 atom stereocenters. The number of benzene rings is 11. The molecule has 70 heavy (non-hydrogen) atoms. The van der Waals surface area contributed by atoms with Gasteiger partial charge in [0.2, 0.25) is 0 Å². The highest BCUT2D eigenvalue weighted by molar-refractivity contribution is 6.03. The van der Waals surface area contributed by atoms with Crippen LogP contribution in [0.3, 0.4) is 0 Å². The second-order valence-corrected chi connectivity index (χ2v) is 17.1. The van der Waals surface area contributed by atoms with Gasteiger partial charge in [-0.05, 0) is 155 Å². The third kappa shape index (κ3) is 8.10. The van der Waals surface area contributed by atoms with E-state index in [2.05, 4.69) is 287 Å². The van der Waals surface area contributed by atoms with Gasteiger partial charge in [0, 0.05) is 69.3 Å². The number of anilines is 12. The Bertz CT molecular complexity index is 3470. The summed E-state index contributed by atoms with van der Waals surface area (Å²) in [5.41, 5.74) is 13.8. The Morgan fingerprint density at radius 3 is 0.800 bits per heavy atom. The van der Waals surface area contributed by atoms with Gasteiger partial charge < -0.3 is 19.6 Å². The summed E-state index contributed by atoms with van der Waals surface area (Å²) in [6.07, 6.45) is 3.57. The molecule has 0 bridgehead atoms. The zero-order valence-corrected chi connectivity index (χ0v) is 38.2. The van der Waals surface area contributed by atoms with Crippen molar-refractivity contribution in [2.75, 3.05) is 19.6 Å². The number of nitrogens with zero attached hydrogens (tertiary/aromatic N) is 6. The van der Waals surface area contributed by atoms with Gasteiger partial charge in [-0.2, -0.15) is 0 Å². The van der Waals surface area contributed by atoms with E-state index >= 15 is 0 Å². The van der Waals surface area contributed by atoms with Crippen LogP contribution < -0.4 is 19.6 Å². The zero-order valence-electron chi connectivity index (χ0n) is 38.2. The van der Waals surface area contributed by atoms with Crippen molar-refractivity contribution in [2.45, 2.75) is 0 Å². The van der Waals surface area contributed by atoms with Crippen LogP contribution in [-0.2, 0) is 0 Å². The summed E-state index contributed by atoms with van der Waals surface area (Å²) >= 11 is 0. The van der Waals surface area contributed by atoms with Crippen LogP contribution >= 0.6 is 0 Å². The number of aromatic nitrogens is 2. The summed E-state index contributed by atoms with van der Waals surface area (Å²) in [5, 5.41) is 4.81. The van der Waals surface area contributed by atoms with E-state index in [1.54, 1.807) is 12.4 Å². The molecule has 0 aliphatic heterocycles. The second kappa shape index (κ2) is 18.6. The van der Waals surface area contributed by atoms with Gasteiger partial charge in [0.15, 0.2) is 0 Å². The van der Waals surface area contributed by atoms with Crippen molar-refractivity contribution in [1.29, 1.82) is 0 Å². The van der Waals surface area contributed by atoms with E-state index in [1.807, 2.05) is 0 Å². The molecule has 12 aromatic rings. The molecular formula is C64H46N6. The van der Waals surface area contributed by atoms with E-state index in [0.29, 0.717) is 0 Å². The summed E-state index contributed by atoms with van der Waals surface area (Å²) in [4.78, 5) is 19.4. The first-order valence-corrected chi connectivity index (χ1v) is 23.6. The summed E-state index contributed by atoms with van der Waals surface area (Å²) in [7, 11) is 0. The molecule has 1 aromatic heterocycles. The summed E-state index contributed by atoms with van der Waals surface area (Å²) in [6.45, 7) is 0. The van der Waals surface area contributed by atoms with Crippen molar-refractivity contribution in [3.63, 3.8) is 0 Å². The topological polar surface area (TPSA) is 38.7 Å². The number of rotatable bonds is 12. The third-order valence-electron chi connectivity index (χ3n) is 12.8. The predicted molar refractivity (Wildman–Crippen MR) is 293 cm³/mol. The molecule has 0 spiro atoms. The average Bonchev–Trinajstić information content (AvgIpc) is 3.43. The second-order valence-electron chi connectivity index (χ2n) is 17.1. The first kappa shape index (κ1) is 41.9. The highest BCUT2D eigenvalue weighted by atomic mass is 15.2. The van der Waals surface area contributed by atoms with Crippen molar-refractivity contribution >= 4 is 101 Å². The lowest BCUT2D eigenvalue weighted by atomic mass is 10.1. The summed E-state index contributed by atoms with van der Waals surface area (Å²) < 4.78 is 0. The van der Waals surface area contributed by atoms with Crippen molar-refractivity contribution in [3.05, 3.63) is 279 Å². The van der Waals surface area contributed by atoms with Gasteiger partial charge in [0.05, 0.1) is 11.4 Å². The molecule has 6 nitrogen and oxygen atoms in total. The van der Waals surface area contributed by atoms with Crippen LogP contribution in [0.2, 0.25) is 0 Å². The lowest BCUT2D eigenvalue weighted by Gasteiger charge is -2.31. The Kier molecular flexibility index (Phi) is 11.1. The van der Waals surface area contributed by atoms with Gasteiger partial charge >= 0.3 is 0 Å². The minimum absolute atomic E-state index is 0.777. The van der Waals surface area contributed by atoms with Crippen molar-refractivity contribution in [1.82, 2.24) is 9.97 Å². The van der Waals surface area contributed by atoms with E-state index in [-0.39, 0.29) is 0 Å². The quantitative estimate of drug-likeness (QED) is 0.122. The fraction of sp³-hybridized carbons (Fsp3) is 0. The van der Waals surface area contributed by atoms with E-state index in [0.717, 1.165) is 79.3 Å². The molecule has 0 radical (unpaired) electrons. The molecule has 0 N–H and O–H groups in total. The first-order chi connectivity index (χ1) is 34.7. The number of hydrogen-bond donors (Lipinski definition) is 0. The minimum atomic E-state index is 0.777. The van der Waals surface area contributed by atoms with Gasteiger partial charge in [-0.1, -0.05) is 133 Å².